The molecule has 0 aliphatic rings. The lowest BCUT2D eigenvalue weighted by atomic mass is 10.3. The summed E-state index contributed by atoms with van der Waals surface area (Å²) in [4.78, 5) is 21.8. The quantitative estimate of drug-likeness (QED) is 0.753. The van der Waals surface area contributed by atoms with E-state index in [9.17, 15) is 9.59 Å². The van der Waals surface area contributed by atoms with Gasteiger partial charge >= 0.3 is 0 Å². The Kier molecular flexibility index (Phi) is 3.19. The van der Waals surface area contributed by atoms with Crippen molar-refractivity contribution in [2.24, 2.45) is 0 Å². The van der Waals surface area contributed by atoms with Crippen molar-refractivity contribution in [1.29, 1.82) is 0 Å². The van der Waals surface area contributed by atoms with Crippen molar-refractivity contribution >= 4 is 28.0 Å². The fraction of sp³-hybridized carbons (Fsp3) is 0.333. The van der Waals surface area contributed by atoms with Crippen molar-refractivity contribution in [2.75, 3.05) is 5.32 Å². The molecule has 0 aliphatic carbocycles. The number of thiophene rings is 1. The van der Waals surface area contributed by atoms with Crippen LogP contribution in [0.5, 0.6) is 0 Å². The average molecular weight is 197 g/mol. The summed E-state index contributed by atoms with van der Waals surface area (Å²) in [5.74, 6) is -0.357. The first-order valence-electron chi connectivity index (χ1n) is 3.93. The first-order chi connectivity index (χ1) is 6.09. The van der Waals surface area contributed by atoms with Gasteiger partial charge in [0.15, 0.2) is 0 Å². The third kappa shape index (κ3) is 2.99. The van der Waals surface area contributed by atoms with Crippen LogP contribution in [0, 0.1) is 6.92 Å². The fourth-order valence-electron chi connectivity index (χ4n) is 0.898. The molecule has 1 heterocycles. The molecule has 1 N–H and O–H groups in total. The molecular weight excluding hydrogens is 186 g/mol. The van der Waals surface area contributed by atoms with Crippen molar-refractivity contribution in [1.82, 2.24) is 0 Å². The SMILES string of the molecule is CC(=O)CC(=O)Nc1sccc1C. The van der Waals surface area contributed by atoms with Crippen LogP contribution in [-0.4, -0.2) is 11.7 Å². The summed E-state index contributed by atoms with van der Waals surface area (Å²) in [6.07, 6.45) is -0.0443. The molecule has 0 saturated carbocycles. The van der Waals surface area contributed by atoms with Crippen LogP contribution in [0.25, 0.3) is 0 Å². The number of rotatable bonds is 3. The normalized spacial score (nSPS) is 9.69. The lowest BCUT2D eigenvalue weighted by Crippen LogP contribution is -2.14. The Balaban J connectivity index is 2.55. The van der Waals surface area contributed by atoms with E-state index in [4.69, 9.17) is 0 Å². The van der Waals surface area contributed by atoms with E-state index in [1.165, 1.54) is 18.3 Å². The second kappa shape index (κ2) is 4.18. The van der Waals surface area contributed by atoms with Crippen molar-refractivity contribution in [3.8, 4) is 0 Å². The van der Waals surface area contributed by atoms with E-state index in [0.29, 0.717) is 0 Å². The zero-order valence-electron chi connectivity index (χ0n) is 7.59. The van der Waals surface area contributed by atoms with Crippen molar-refractivity contribution in [3.63, 3.8) is 0 Å². The maximum absolute atomic E-state index is 11.1. The zero-order valence-corrected chi connectivity index (χ0v) is 8.40. The number of carbonyl (C=O) groups excluding carboxylic acids is 2. The predicted molar refractivity (Wildman–Crippen MR) is 53.0 cm³/mol. The maximum atomic E-state index is 11.1. The summed E-state index contributed by atoms with van der Waals surface area (Å²) >= 11 is 1.46. The van der Waals surface area contributed by atoms with Gasteiger partial charge in [0.25, 0.3) is 0 Å². The molecule has 0 saturated heterocycles. The van der Waals surface area contributed by atoms with Crippen molar-refractivity contribution < 1.29 is 9.59 Å². The van der Waals surface area contributed by atoms with Gasteiger partial charge in [0.05, 0.1) is 11.4 Å². The Morgan fingerprint density at radius 3 is 2.69 bits per heavy atom. The molecule has 1 aromatic heterocycles. The Bertz CT molecular complexity index is 330. The Morgan fingerprint density at radius 2 is 2.23 bits per heavy atom. The van der Waals surface area contributed by atoms with Crippen LogP contribution in [0.15, 0.2) is 11.4 Å². The van der Waals surface area contributed by atoms with Gasteiger partial charge in [-0.15, -0.1) is 11.3 Å². The molecule has 0 radical (unpaired) electrons. The van der Waals surface area contributed by atoms with Gasteiger partial charge in [0.2, 0.25) is 5.91 Å². The van der Waals surface area contributed by atoms with E-state index in [-0.39, 0.29) is 18.1 Å². The molecule has 13 heavy (non-hydrogen) atoms. The monoisotopic (exact) mass is 197 g/mol. The molecule has 4 heteroatoms. The number of nitrogens with one attached hydrogen (secondary N) is 1. The summed E-state index contributed by atoms with van der Waals surface area (Å²) in [6, 6.07) is 1.92. The number of amides is 1. The van der Waals surface area contributed by atoms with Gasteiger partial charge in [0, 0.05) is 0 Å². The van der Waals surface area contributed by atoms with E-state index in [2.05, 4.69) is 5.32 Å². The van der Waals surface area contributed by atoms with Gasteiger partial charge in [-0.1, -0.05) is 0 Å². The largest absolute Gasteiger partial charge is 0.317 e. The third-order valence-electron chi connectivity index (χ3n) is 1.52. The first kappa shape index (κ1) is 9.92. The molecule has 1 rings (SSSR count). The summed E-state index contributed by atoms with van der Waals surface area (Å²) < 4.78 is 0. The van der Waals surface area contributed by atoms with Gasteiger partial charge in [-0.3, -0.25) is 9.59 Å². The lowest BCUT2D eigenvalue weighted by molar-refractivity contribution is -0.124. The van der Waals surface area contributed by atoms with E-state index in [1.807, 2.05) is 18.4 Å². The minimum Gasteiger partial charge on any atom is -0.317 e. The molecule has 0 spiro atoms. The predicted octanol–water partition coefficient (Wildman–Crippen LogP) is 1.97. The molecule has 1 amide bonds. The molecule has 0 atom stereocenters. The lowest BCUT2D eigenvalue weighted by Gasteiger charge is -2.01. The minimum absolute atomic E-state index is 0.0443. The van der Waals surface area contributed by atoms with E-state index in [0.717, 1.165) is 10.6 Å². The molecule has 1 aromatic rings. The standard InChI is InChI=1S/C9H11NO2S/c1-6-3-4-13-9(6)10-8(12)5-7(2)11/h3-4H,5H2,1-2H3,(H,10,12). The number of hydrogen-bond acceptors (Lipinski definition) is 3. The summed E-state index contributed by atoms with van der Waals surface area (Å²) in [6.45, 7) is 3.32. The number of hydrogen-bond donors (Lipinski definition) is 1. The minimum atomic E-state index is -0.238. The van der Waals surface area contributed by atoms with Crippen molar-refractivity contribution in [3.05, 3.63) is 17.0 Å². The highest BCUT2D eigenvalue weighted by Gasteiger charge is 2.07. The van der Waals surface area contributed by atoms with E-state index < -0.39 is 0 Å². The van der Waals surface area contributed by atoms with Crippen LogP contribution >= 0.6 is 11.3 Å². The number of ketones is 1. The topological polar surface area (TPSA) is 46.2 Å². The number of aryl methyl sites for hydroxylation is 1. The highest BCUT2D eigenvalue weighted by Crippen LogP contribution is 2.21. The second-order valence-corrected chi connectivity index (χ2v) is 3.78. The zero-order chi connectivity index (χ0) is 9.84. The van der Waals surface area contributed by atoms with Gasteiger partial charge in [0.1, 0.15) is 5.78 Å². The molecular formula is C9H11NO2S. The molecule has 3 nitrogen and oxygen atoms in total. The number of carbonyl (C=O) groups is 2. The first-order valence-corrected chi connectivity index (χ1v) is 4.81. The fourth-order valence-corrected chi connectivity index (χ4v) is 1.73. The molecule has 0 aromatic carbocycles. The van der Waals surface area contributed by atoms with Gasteiger partial charge < -0.3 is 5.32 Å². The van der Waals surface area contributed by atoms with Crippen LogP contribution in [0.3, 0.4) is 0 Å². The molecule has 0 aliphatic heterocycles. The van der Waals surface area contributed by atoms with Crippen LogP contribution in [0.1, 0.15) is 18.9 Å². The van der Waals surface area contributed by atoms with E-state index in [1.54, 1.807) is 0 Å². The van der Waals surface area contributed by atoms with Gasteiger partial charge in [-0.2, -0.15) is 0 Å². The van der Waals surface area contributed by atoms with Crippen LogP contribution in [0.2, 0.25) is 0 Å². The van der Waals surface area contributed by atoms with E-state index >= 15 is 0 Å². The highest BCUT2D eigenvalue weighted by atomic mass is 32.1. The summed E-state index contributed by atoms with van der Waals surface area (Å²) in [5.41, 5.74) is 1.03. The summed E-state index contributed by atoms with van der Waals surface area (Å²) in [7, 11) is 0. The smallest absolute Gasteiger partial charge is 0.232 e. The Morgan fingerprint density at radius 1 is 1.54 bits per heavy atom. The van der Waals surface area contributed by atoms with Crippen molar-refractivity contribution in [2.45, 2.75) is 20.3 Å². The van der Waals surface area contributed by atoms with Crippen LogP contribution < -0.4 is 5.32 Å². The maximum Gasteiger partial charge on any atom is 0.232 e. The molecule has 0 unspecified atom stereocenters. The van der Waals surface area contributed by atoms with Gasteiger partial charge in [-0.05, 0) is 30.9 Å². The molecule has 0 fully saturated rings. The number of Topliss-reactive ketones (excluding diaryl/α,β-unsaturated/α-hetero) is 1. The second-order valence-electron chi connectivity index (χ2n) is 2.86. The highest BCUT2D eigenvalue weighted by molar-refractivity contribution is 7.14. The average Bonchev–Trinajstić information content (AvgIpc) is 2.34. The summed E-state index contributed by atoms with van der Waals surface area (Å²) in [5, 5.41) is 5.41. The Labute approximate surface area is 80.8 Å². The Hall–Kier alpha value is -1.16. The van der Waals surface area contributed by atoms with Crippen LogP contribution in [-0.2, 0) is 9.59 Å². The number of anilines is 1. The van der Waals surface area contributed by atoms with Gasteiger partial charge in [-0.25, -0.2) is 0 Å². The van der Waals surface area contributed by atoms with Crippen LogP contribution in [0.4, 0.5) is 5.00 Å². The molecule has 0 bridgehead atoms. The third-order valence-corrected chi connectivity index (χ3v) is 2.46. The molecule has 70 valence electrons.